The van der Waals surface area contributed by atoms with Gasteiger partial charge in [0.1, 0.15) is 11.2 Å². The van der Waals surface area contributed by atoms with Gasteiger partial charge in [-0.25, -0.2) is 15.0 Å². The number of hydrogen-bond donors (Lipinski definition) is 0. The van der Waals surface area contributed by atoms with Crippen LogP contribution in [0, 0.1) is 0 Å². The summed E-state index contributed by atoms with van der Waals surface area (Å²) in [4.78, 5) is 15.9. The molecule has 14 rings (SSSR count). The van der Waals surface area contributed by atoms with Crippen molar-refractivity contribution in [2.45, 2.75) is 0 Å². The first kappa shape index (κ1) is 33.1. The Balaban J connectivity index is 1.04. The number of furan rings is 1. The number of aromatic nitrogens is 4. The van der Waals surface area contributed by atoms with Crippen LogP contribution >= 0.6 is 0 Å². The van der Waals surface area contributed by atoms with E-state index in [9.17, 15) is 4.11 Å². The Bertz CT molecular complexity index is 4790. The van der Waals surface area contributed by atoms with Gasteiger partial charge in [-0.15, -0.1) is 0 Å². The second-order valence-electron chi connectivity index (χ2n) is 17.4. The van der Waals surface area contributed by atoms with E-state index in [2.05, 4.69) is 83.4 Å². The van der Waals surface area contributed by atoms with Crippen LogP contribution in [0.2, 0.25) is 0 Å². The lowest BCUT2D eigenvalue weighted by Crippen LogP contribution is -2.01. The monoisotopic (exact) mass is 899 g/mol. The molecular weight excluding hydrogens is 853 g/mol. The van der Waals surface area contributed by atoms with Gasteiger partial charge in [0.2, 0.25) is 0 Å². The highest BCUT2D eigenvalue weighted by Crippen LogP contribution is 2.40. The van der Waals surface area contributed by atoms with Crippen LogP contribution < -0.4 is 0 Å². The summed E-state index contributed by atoms with van der Waals surface area (Å²) in [5.74, 6) is 1.08. The van der Waals surface area contributed by atoms with Crippen LogP contribution in [0.15, 0.2) is 247 Å². The fourth-order valence-electron chi connectivity index (χ4n) is 9.91. The molecule has 70 heavy (non-hydrogen) atoms. The van der Waals surface area contributed by atoms with Crippen LogP contribution in [0.3, 0.4) is 0 Å². The van der Waals surface area contributed by atoms with E-state index in [0.29, 0.717) is 39.7 Å². The zero-order valence-electron chi connectivity index (χ0n) is 44.2. The third-order valence-corrected chi connectivity index (χ3v) is 13.2. The summed E-state index contributed by atoms with van der Waals surface area (Å²) in [5.41, 5.74) is 10.6. The lowest BCUT2D eigenvalue weighted by molar-refractivity contribution is 0.669. The van der Waals surface area contributed by atoms with Crippen molar-refractivity contribution >= 4 is 65.3 Å². The molecule has 0 spiro atoms. The maximum Gasteiger partial charge on any atom is 0.164 e. The molecule has 14 aromatic rings. The highest BCUT2D eigenvalue weighted by Gasteiger charge is 2.21. The van der Waals surface area contributed by atoms with Crippen LogP contribution in [0.1, 0.15) is 9.60 Å². The molecule has 3 aromatic heterocycles. The fraction of sp³-hybridized carbons (Fsp3) is 0. The molecule has 0 saturated carbocycles. The van der Waals surface area contributed by atoms with Gasteiger partial charge in [-0.2, -0.15) is 0 Å². The van der Waals surface area contributed by atoms with Gasteiger partial charge in [-0.1, -0.05) is 158 Å². The number of hydrogen-bond acceptors (Lipinski definition) is 4. The minimum Gasteiger partial charge on any atom is -0.456 e. The summed E-state index contributed by atoms with van der Waals surface area (Å²) in [6, 6.07) is 64.0. The zero-order chi connectivity index (χ0) is 52.2. The van der Waals surface area contributed by atoms with Crippen molar-refractivity contribution in [3.8, 4) is 73.2 Å². The van der Waals surface area contributed by atoms with E-state index in [1.807, 2.05) is 115 Å². The Labute approximate surface area is 413 Å². The average molecular weight is 900 g/mol. The van der Waals surface area contributed by atoms with Crippen molar-refractivity contribution in [1.29, 1.82) is 0 Å². The largest absolute Gasteiger partial charge is 0.456 e. The van der Waals surface area contributed by atoms with Gasteiger partial charge in [0, 0.05) is 43.9 Å². The zero-order valence-corrected chi connectivity index (χ0v) is 37.2. The Hall–Kier alpha value is -9.45. The Morgan fingerprint density at radius 3 is 1.79 bits per heavy atom. The normalized spacial score (nSPS) is 13.1. The standard InChI is InChI=1S/C65H40N4O/c1-3-14-41(15-4-1)44-28-29-46-36-48(31-30-45(46)35-44)51-37-50(47-27-26-42-16-7-8-17-43(42)34-47)38-52(39-51)64-66-63(67-65(68-64)56-22-13-25-61-62(56)55-21-10-12-24-60(55)70-61)49-32-33-59-57(40-49)54-20-9-11-23-58(54)69(59)53-18-5-2-6-19-53/h1-40H/i7D,8D,16D,17D,26D,27D,34D. The number of nitrogens with zero attached hydrogens (tertiary/aromatic N) is 4. The molecule has 0 amide bonds. The van der Waals surface area contributed by atoms with Crippen molar-refractivity contribution in [2.75, 3.05) is 0 Å². The molecule has 326 valence electrons. The average Bonchev–Trinajstić information content (AvgIpc) is 4.14. The lowest BCUT2D eigenvalue weighted by atomic mass is 9.93. The first-order chi connectivity index (χ1) is 37.6. The molecule has 0 aliphatic heterocycles. The first-order valence-electron chi connectivity index (χ1n) is 26.6. The number of fused-ring (bicyclic) bond motifs is 8. The second kappa shape index (κ2) is 16.1. The molecule has 0 bridgehead atoms. The maximum atomic E-state index is 9.67. The Morgan fingerprint density at radius 2 is 0.971 bits per heavy atom. The van der Waals surface area contributed by atoms with Crippen molar-refractivity contribution in [3.05, 3.63) is 242 Å². The van der Waals surface area contributed by atoms with Gasteiger partial charge in [-0.05, 0) is 140 Å². The minimum atomic E-state index is -0.527. The predicted octanol–water partition coefficient (Wildman–Crippen LogP) is 17.2. The number of para-hydroxylation sites is 3. The van der Waals surface area contributed by atoms with E-state index in [0.717, 1.165) is 82.4 Å². The van der Waals surface area contributed by atoms with E-state index in [-0.39, 0.29) is 28.4 Å². The summed E-state index contributed by atoms with van der Waals surface area (Å²) in [5, 5.41) is 5.53. The highest BCUT2D eigenvalue weighted by atomic mass is 16.3. The number of benzene rings is 11. The summed E-state index contributed by atoms with van der Waals surface area (Å²) < 4.78 is 71.7. The van der Waals surface area contributed by atoms with E-state index in [4.69, 9.17) is 24.9 Å². The molecular formula is C65H40N4O. The van der Waals surface area contributed by atoms with Gasteiger partial charge in [-0.3, -0.25) is 0 Å². The third kappa shape index (κ3) is 6.75. The topological polar surface area (TPSA) is 56.7 Å². The quantitative estimate of drug-likeness (QED) is 0.160. The second-order valence-corrected chi connectivity index (χ2v) is 17.4. The van der Waals surface area contributed by atoms with Crippen LogP contribution in [0.4, 0.5) is 0 Å². The Morgan fingerprint density at radius 1 is 0.357 bits per heavy atom. The van der Waals surface area contributed by atoms with E-state index in [1.165, 1.54) is 0 Å². The molecule has 0 fully saturated rings. The summed E-state index contributed by atoms with van der Waals surface area (Å²) >= 11 is 0. The van der Waals surface area contributed by atoms with Crippen molar-refractivity contribution in [1.82, 2.24) is 19.5 Å². The van der Waals surface area contributed by atoms with Gasteiger partial charge in [0.25, 0.3) is 0 Å². The van der Waals surface area contributed by atoms with Gasteiger partial charge in [0.15, 0.2) is 17.5 Å². The molecule has 0 aliphatic carbocycles. The smallest absolute Gasteiger partial charge is 0.164 e. The lowest BCUT2D eigenvalue weighted by Gasteiger charge is -2.14. The molecule has 0 atom stereocenters. The summed E-state index contributed by atoms with van der Waals surface area (Å²) in [6.07, 6.45) is 0. The maximum absolute atomic E-state index is 9.67. The highest BCUT2D eigenvalue weighted by molar-refractivity contribution is 6.12. The molecule has 0 radical (unpaired) electrons. The van der Waals surface area contributed by atoms with E-state index >= 15 is 0 Å². The first-order valence-corrected chi connectivity index (χ1v) is 23.1. The van der Waals surface area contributed by atoms with Crippen LogP contribution in [0.5, 0.6) is 0 Å². The van der Waals surface area contributed by atoms with E-state index in [1.54, 1.807) is 6.07 Å². The molecule has 0 saturated heterocycles. The van der Waals surface area contributed by atoms with E-state index < -0.39 is 30.2 Å². The fourth-order valence-corrected chi connectivity index (χ4v) is 9.91. The number of rotatable bonds is 7. The molecule has 0 unspecified atom stereocenters. The van der Waals surface area contributed by atoms with Crippen molar-refractivity contribution in [3.63, 3.8) is 0 Å². The van der Waals surface area contributed by atoms with Crippen LogP contribution in [-0.2, 0) is 0 Å². The predicted molar refractivity (Wildman–Crippen MR) is 289 cm³/mol. The van der Waals surface area contributed by atoms with Crippen molar-refractivity contribution < 1.29 is 14.0 Å². The Kier molecular flexibility index (Phi) is 7.62. The van der Waals surface area contributed by atoms with Gasteiger partial charge < -0.3 is 8.98 Å². The molecule has 11 aromatic carbocycles. The minimum absolute atomic E-state index is 0.0355. The molecule has 0 aliphatic rings. The summed E-state index contributed by atoms with van der Waals surface area (Å²) in [6.45, 7) is 0. The SMILES string of the molecule is [2H]c1c([2H])c([2H])c2c([2H])c(-c3cc(-c4ccc5cc(-c6ccccc6)ccc5c4)cc(-c4nc(-c5ccc6c(c5)c5ccccc5n6-c5ccccc5)nc(-c5cccc6oc7ccccc7c56)n4)c3)c([2H])c([2H])c2c1[2H]. The van der Waals surface area contributed by atoms with Crippen LogP contribution in [-0.4, -0.2) is 19.5 Å². The molecule has 0 N–H and O–H groups in total. The van der Waals surface area contributed by atoms with Gasteiger partial charge in [0.05, 0.1) is 20.6 Å². The molecule has 3 heterocycles. The van der Waals surface area contributed by atoms with Crippen molar-refractivity contribution in [2.24, 2.45) is 0 Å². The third-order valence-electron chi connectivity index (χ3n) is 13.2. The van der Waals surface area contributed by atoms with Crippen LogP contribution in [0.25, 0.3) is 139 Å². The summed E-state index contributed by atoms with van der Waals surface area (Å²) in [7, 11) is 0. The molecule has 5 nitrogen and oxygen atoms in total. The van der Waals surface area contributed by atoms with Gasteiger partial charge >= 0.3 is 0 Å². The molecule has 5 heteroatoms.